The Morgan fingerprint density at radius 2 is 2.20 bits per heavy atom. The van der Waals surface area contributed by atoms with E-state index in [2.05, 4.69) is 5.10 Å². The Morgan fingerprint density at radius 3 is 2.80 bits per heavy atom. The number of nitrogens with two attached hydrogens (primary N) is 1. The van der Waals surface area contributed by atoms with Gasteiger partial charge in [-0.2, -0.15) is 5.10 Å². The summed E-state index contributed by atoms with van der Waals surface area (Å²) >= 11 is 0. The summed E-state index contributed by atoms with van der Waals surface area (Å²) in [6, 6.07) is 0.258. The molecular formula is C14H24N4O2. The lowest BCUT2D eigenvalue weighted by Crippen LogP contribution is -2.52. The van der Waals surface area contributed by atoms with Gasteiger partial charge in [0.25, 0.3) is 0 Å². The fourth-order valence-electron chi connectivity index (χ4n) is 2.11. The van der Waals surface area contributed by atoms with Gasteiger partial charge in [-0.15, -0.1) is 0 Å². The average molecular weight is 280 g/mol. The molecule has 1 fully saturated rings. The number of aromatic nitrogens is 2. The van der Waals surface area contributed by atoms with E-state index in [0.717, 1.165) is 12.8 Å². The predicted molar refractivity (Wildman–Crippen MR) is 76.4 cm³/mol. The van der Waals surface area contributed by atoms with Crippen LogP contribution in [0, 0.1) is 0 Å². The normalized spacial score (nSPS) is 16.1. The summed E-state index contributed by atoms with van der Waals surface area (Å²) in [5.74, 6) is 0. The van der Waals surface area contributed by atoms with Crippen molar-refractivity contribution < 1.29 is 9.53 Å². The molecule has 2 heterocycles. The number of rotatable bonds is 4. The summed E-state index contributed by atoms with van der Waals surface area (Å²) in [4.78, 5) is 13.5. The number of nitrogens with zero attached hydrogens (tertiary/aromatic N) is 3. The number of likely N-dealkylation sites (tertiary alicyclic amines) is 1. The van der Waals surface area contributed by atoms with E-state index < -0.39 is 5.60 Å². The first-order valence-corrected chi connectivity index (χ1v) is 7.10. The molecule has 1 aromatic rings. The van der Waals surface area contributed by atoms with Gasteiger partial charge in [0, 0.05) is 19.3 Å². The molecule has 1 aliphatic rings. The van der Waals surface area contributed by atoms with E-state index in [4.69, 9.17) is 10.5 Å². The lowest BCUT2D eigenvalue weighted by Gasteiger charge is -2.39. The summed E-state index contributed by atoms with van der Waals surface area (Å²) in [6.07, 6.45) is 5.61. The number of amides is 1. The van der Waals surface area contributed by atoms with Crippen molar-refractivity contribution in [3.8, 4) is 0 Å². The molecule has 6 nitrogen and oxygen atoms in total. The Balaban J connectivity index is 1.81. The molecule has 1 aromatic heterocycles. The van der Waals surface area contributed by atoms with Gasteiger partial charge in [-0.3, -0.25) is 4.68 Å². The molecule has 0 spiro atoms. The Bertz CT molecular complexity index is 458. The van der Waals surface area contributed by atoms with Gasteiger partial charge in [-0.1, -0.05) is 0 Å². The summed E-state index contributed by atoms with van der Waals surface area (Å²) in [5.41, 5.74) is 6.26. The standard InChI is InChI=1S/C14H24N4O2/c1-14(2,3)20-13(19)17-9-12(10-17)18-8-11(7-16-18)5-4-6-15/h7-8,12H,4-6,9-10,15H2,1-3H3. The summed E-state index contributed by atoms with van der Waals surface area (Å²) in [5, 5.41) is 4.36. The van der Waals surface area contributed by atoms with Gasteiger partial charge >= 0.3 is 6.09 Å². The maximum absolute atomic E-state index is 11.8. The molecule has 2 N–H and O–H groups in total. The van der Waals surface area contributed by atoms with E-state index in [-0.39, 0.29) is 12.1 Å². The van der Waals surface area contributed by atoms with Crippen LogP contribution in [0.2, 0.25) is 0 Å². The Labute approximate surface area is 119 Å². The smallest absolute Gasteiger partial charge is 0.410 e. The van der Waals surface area contributed by atoms with Crippen LogP contribution in [-0.4, -0.2) is 46.0 Å². The number of carbonyl (C=O) groups excluding carboxylic acids is 1. The molecule has 1 saturated heterocycles. The molecule has 0 atom stereocenters. The minimum Gasteiger partial charge on any atom is -0.444 e. The third kappa shape index (κ3) is 3.72. The topological polar surface area (TPSA) is 73.4 Å². The largest absolute Gasteiger partial charge is 0.444 e. The minimum atomic E-state index is -0.441. The highest BCUT2D eigenvalue weighted by Gasteiger charge is 2.35. The van der Waals surface area contributed by atoms with E-state index in [9.17, 15) is 4.79 Å². The molecule has 6 heteroatoms. The number of hydrogen-bond donors (Lipinski definition) is 1. The Kier molecular flexibility index (Phi) is 4.32. The number of carbonyl (C=O) groups is 1. The molecule has 0 unspecified atom stereocenters. The van der Waals surface area contributed by atoms with Gasteiger partial charge in [0.15, 0.2) is 0 Å². The molecular weight excluding hydrogens is 256 g/mol. The van der Waals surface area contributed by atoms with Gasteiger partial charge < -0.3 is 15.4 Å². The van der Waals surface area contributed by atoms with Crippen molar-refractivity contribution in [2.75, 3.05) is 19.6 Å². The second-order valence-electron chi connectivity index (χ2n) is 6.26. The lowest BCUT2D eigenvalue weighted by molar-refractivity contribution is -0.000394. The van der Waals surface area contributed by atoms with Crippen molar-refractivity contribution in [2.45, 2.75) is 45.3 Å². The second-order valence-corrected chi connectivity index (χ2v) is 6.26. The first-order valence-electron chi connectivity index (χ1n) is 7.10. The fraction of sp³-hybridized carbons (Fsp3) is 0.714. The maximum Gasteiger partial charge on any atom is 0.410 e. The molecule has 2 rings (SSSR count). The van der Waals surface area contributed by atoms with Crippen LogP contribution in [0.1, 0.15) is 38.8 Å². The molecule has 0 bridgehead atoms. The van der Waals surface area contributed by atoms with Crippen LogP contribution in [0.15, 0.2) is 12.4 Å². The van der Waals surface area contributed by atoms with Crippen LogP contribution in [-0.2, 0) is 11.2 Å². The quantitative estimate of drug-likeness (QED) is 0.908. The van der Waals surface area contributed by atoms with Crippen LogP contribution in [0.3, 0.4) is 0 Å². The Hall–Kier alpha value is -1.56. The highest BCUT2D eigenvalue weighted by molar-refractivity contribution is 5.69. The molecule has 1 amide bonds. The molecule has 0 aliphatic carbocycles. The minimum absolute atomic E-state index is 0.246. The second kappa shape index (κ2) is 5.83. The van der Waals surface area contributed by atoms with Crippen molar-refractivity contribution in [1.29, 1.82) is 0 Å². The number of aryl methyl sites for hydroxylation is 1. The molecule has 1 aliphatic heterocycles. The van der Waals surface area contributed by atoms with Crippen molar-refractivity contribution in [3.05, 3.63) is 18.0 Å². The third-order valence-electron chi connectivity index (χ3n) is 3.21. The van der Waals surface area contributed by atoms with Gasteiger partial charge in [0.05, 0.1) is 12.2 Å². The molecule has 0 radical (unpaired) electrons. The highest BCUT2D eigenvalue weighted by Crippen LogP contribution is 2.23. The van der Waals surface area contributed by atoms with Crippen LogP contribution in [0.25, 0.3) is 0 Å². The lowest BCUT2D eigenvalue weighted by atomic mass is 10.1. The first kappa shape index (κ1) is 14.8. The van der Waals surface area contributed by atoms with E-state index in [0.29, 0.717) is 19.6 Å². The van der Waals surface area contributed by atoms with Crippen LogP contribution < -0.4 is 5.73 Å². The monoisotopic (exact) mass is 280 g/mol. The molecule has 0 saturated carbocycles. The van der Waals surface area contributed by atoms with Gasteiger partial charge in [0.1, 0.15) is 5.60 Å². The SMILES string of the molecule is CC(C)(C)OC(=O)N1CC(n2cc(CCCN)cn2)C1. The maximum atomic E-state index is 11.8. The van der Waals surface area contributed by atoms with E-state index in [1.165, 1.54) is 5.56 Å². The molecule has 20 heavy (non-hydrogen) atoms. The van der Waals surface area contributed by atoms with Crippen LogP contribution >= 0.6 is 0 Å². The average Bonchev–Trinajstić information content (AvgIpc) is 2.70. The number of hydrogen-bond acceptors (Lipinski definition) is 4. The van der Waals surface area contributed by atoms with Crippen molar-refractivity contribution in [2.24, 2.45) is 5.73 Å². The van der Waals surface area contributed by atoms with Gasteiger partial charge in [-0.05, 0) is 45.7 Å². The first-order chi connectivity index (χ1) is 9.39. The van der Waals surface area contributed by atoms with Crippen molar-refractivity contribution in [1.82, 2.24) is 14.7 Å². The van der Waals surface area contributed by atoms with Crippen molar-refractivity contribution >= 4 is 6.09 Å². The zero-order valence-corrected chi connectivity index (χ0v) is 12.5. The zero-order valence-electron chi connectivity index (χ0n) is 12.5. The summed E-state index contributed by atoms with van der Waals surface area (Å²) in [6.45, 7) is 7.64. The van der Waals surface area contributed by atoms with E-state index in [1.807, 2.05) is 37.8 Å². The molecule has 0 aromatic carbocycles. The van der Waals surface area contributed by atoms with Gasteiger partial charge in [-0.25, -0.2) is 4.79 Å². The van der Waals surface area contributed by atoms with Crippen LogP contribution in [0.5, 0.6) is 0 Å². The summed E-state index contributed by atoms with van der Waals surface area (Å²) in [7, 11) is 0. The predicted octanol–water partition coefficient (Wildman–Crippen LogP) is 1.57. The van der Waals surface area contributed by atoms with Gasteiger partial charge in [0.2, 0.25) is 0 Å². The third-order valence-corrected chi connectivity index (χ3v) is 3.21. The summed E-state index contributed by atoms with van der Waals surface area (Å²) < 4.78 is 7.26. The molecule has 112 valence electrons. The Morgan fingerprint density at radius 1 is 1.50 bits per heavy atom. The van der Waals surface area contributed by atoms with E-state index in [1.54, 1.807) is 4.90 Å². The highest BCUT2D eigenvalue weighted by atomic mass is 16.6. The van der Waals surface area contributed by atoms with Crippen molar-refractivity contribution in [3.63, 3.8) is 0 Å². The fourth-order valence-corrected chi connectivity index (χ4v) is 2.11. The zero-order chi connectivity index (χ0) is 14.8. The number of ether oxygens (including phenoxy) is 1. The van der Waals surface area contributed by atoms with Crippen LogP contribution in [0.4, 0.5) is 4.79 Å². The van der Waals surface area contributed by atoms with E-state index >= 15 is 0 Å².